The molecule has 0 spiro atoms. The number of fused-ring (bicyclic) bond motifs is 1. The molecule has 0 saturated heterocycles. The van der Waals surface area contributed by atoms with Crippen LogP contribution in [-0.4, -0.2) is 31.0 Å². The molecule has 0 aliphatic carbocycles. The monoisotopic (exact) mass is 339 g/mol. The number of aromatic nitrogens is 1. The lowest BCUT2D eigenvalue weighted by molar-refractivity contribution is 0.0600. The second-order valence-electron chi connectivity index (χ2n) is 5.43. The van der Waals surface area contributed by atoms with E-state index >= 15 is 0 Å². The number of anilines is 2. The van der Waals surface area contributed by atoms with E-state index in [1.165, 1.54) is 7.11 Å². The highest BCUT2D eigenvalue weighted by Gasteiger charge is 2.21. The molecule has 2 aromatic heterocycles. The summed E-state index contributed by atoms with van der Waals surface area (Å²) in [5.74, 6) is -0.355. The molecule has 0 saturated carbocycles. The van der Waals surface area contributed by atoms with Gasteiger partial charge >= 0.3 is 5.97 Å². The van der Waals surface area contributed by atoms with Crippen molar-refractivity contribution in [3.8, 4) is 0 Å². The normalized spacial score (nSPS) is 10.5. The number of methoxy groups -OCH3 is 1. The number of carbonyl (C=O) groups excluding carboxylic acids is 2. The number of ether oxygens (including phenoxy) is 1. The Labute approximate surface area is 144 Å². The van der Waals surface area contributed by atoms with Crippen LogP contribution >= 0.6 is 0 Å². The summed E-state index contributed by atoms with van der Waals surface area (Å²) in [6.07, 6.45) is 1.66. The van der Waals surface area contributed by atoms with Gasteiger partial charge in [0.1, 0.15) is 11.4 Å². The molecule has 1 amide bonds. The lowest BCUT2D eigenvalue weighted by Gasteiger charge is -2.04. The maximum atomic E-state index is 12.5. The predicted molar refractivity (Wildman–Crippen MR) is 94.0 cm³/mol. The van der Waals surface area contributed by atoms with E-state index in [9.17, 15) is 9.59 Å². The summed E-state index contributed by atoms with van der Waals surface area (Å²) in [7, 11) is 2.99. The van der Waals surface area contributed by atoms with E-state index in [1.807, 2.05) is 13.0 Å². The molecule has 7 heteroatoms. The van der Waals surface area contributed by atoms with E-state index < -0.39 is 11.9 Å². The molecule has 0 atom stereocenters. The first-order valence-corrected chi connectivity index (χ1v) is 7.60. The molecule has 3 rings (SSSR count). The van der Waals surface area contributed by atoms with E-state index in [2.05, 4.69) is 15.6 Å². The molecule has 2 N–H and O–H groups in total. The van der Waals surface area contributed by atoms with Crippen LogP contribution in [0.25, 0.3) is 11.0 Å². The number of hydrogen-bond acceptors (Lipinski definition) is 6. The van der Waals surface area contributed by atoms with Crippen molar-refractivity contribution in [1.82, 2.24) is 4.98 Å². The van der Waals surface area contributed by atoms with Gasteiger partial charge in [-0.1, -0.05) is 6.07 Å². The largest absolute Gasteiger partial charge is 0.465 e. The fourth-order valence-electron chi connectivity index (χ4n) is 2.47. The Balaban J connectivity index is 1.99. The molecule has 0 unspecified atom stereocenters. The van der Waals surface area contributed by atoms with Crippen LogP contribution in [0.1, 0.15) is 26.5 Å². The molecule has 3 aromatic rings. The second-order valence-corrected chi connectivity index (χ2v) is 5.43. The van der Waals surface area contributed by atoms with Crippen molar-refractivity contribution in [1.29, 1.82) is 0 Å². The standard InChI is InChI=1S/C18H17N3O4/c1-10-4-7-14(20-9-10)21-17(22)16-15(19-2)12-8-11(18(23)24-3)5-6-13(12)25-16/h4-9,19H,1-3H3,(H,20,21,22). The SMILES string of the molecule is CNc1c(C(=O)Nc2ccc(C)cn2)oc2ccc(C(=O)OC)cc12. The number of esters is 1. The van der Waals surface area contributed by atoms with Crippen LogP contribution < -0.4 is 10.6 Å². The number of benzene rings is 1. The lowest BCUT2D eigenvalue weighted by Crippen LogP contribution is -2.13. The van der Waals surface area contributed by atoms with Gasteiger partial charge in [-0.2, -0.15) is 0 Å². The molecule has 0 fully saturated rings. The zero-order valence-electron chi connectivity index (χ0n) is 14.0. The highest BCUT2D eigenvalue weighted by Crippen LogP contribution is 2.32. The Kier molecular flexibility index (Phi) is 4.38. The van der Waals surface area contributed by atoms with Crippen LogP contribution in [0, 0.1) is 6.92 Å². The van der Waals surface area contributed by atoms with Crippen molar-refractivity contribution in [3.63, 3.8) is 0 Å². The zero-order valence-corrected chi connectivity index (χ0v) is 14.0. The summed E-state index contributed by atoms with van der Waals surface area (Å²) >= 11 is 0. The summed E-state index contributed by atoms with van der Waals surface area (Å²) in [5, 5.41) is 6.26. The van der Waals surface area contributed by atoms with Crippen molar-refractivity contribution in [2.24, 2.45) is 0 Å². The molecule has 0 aliphatic rings. The minimum Gasteiger partial charge on any atom is -0.465 e. The van der Waals surface area contributed by atoms with E-state index in [1.54, 1.807) is 37.5 Å². The third-order valence-corrected chi connectivity index (χ3v) is 3.72. The van der Waals surface area contributed by atoms with Gasteiger partial charge in [0.25, 0.3) is 5.91 Å². The number of rotatable bonds is 4. The van der Waals surface area contributed by atoms with Crippen molar-refractivity contribution >= 4 is 34.4 Å². The number of pyridine rings is 1. The Bertz CT molecular complexity index is 945. The van der Waals surface area contributed by atoms with Gasteiger partial charge in [-0.15, -0.1) is 0 Å². The molecule has 7 nitrogen and oxygen atoms in total. The van der Waals surface area contributed by atoms with Gasteiger partial charge in [0.15, 0.2) is 0 Å². The van der Waals surface area contributed by atoms with Crippen molar-refractivity contribution < 1.29 is 18.7 Å². The minimum atomic E-state index is -0.458. The number of hydrogen-bond donors (Lipinski definition) is 2. The molecule has 0 bridgehead atoms. The summed E-state index contributed by atoms with van der Waals surface area (Å²) in [4.78, 5) is 28.4. The fraction of sp³-hybridized carbons (Fsp3) is 0.167. The highest BCUT2D eigenvalue weighted by atomic mass is 16.5. The fourth-order valence-corrected chi connectivity index (χ4v) is 2.47. The van der Waals surface area contributed by atoms with Gasteiger partial charge < -0.3 is 19.8 Å². The third-order valence-electron chi connectivity index (χ3n) is 3.72. The van der Waals surface area contributed by atoms with Crippen LogP contribution in [0.4, 0.5) is 11.5 Å². The smallest absolute Gasteiger partial charge is 0.337 e. The van der Waals surface area contributed by atoms with Gasteiger partial charge in [0, 0.05) is 18.6 Å². The first kappa shape index (κ1) is 16.5. The maximum absolute atomic E-state index is 12.5. The van der Waals surface area contributed by atoms with Gasteiger partial charge in [0.05, 0.1) is 18.4 Å². The molecular weight excluding hydrogens is 322 g/mol. The Hall–Kier alpha value is -3.35. The molecule has 128 valence electrons. The van der Waals surface area contributed by atoms with E-state index in [0.29, 0.717) is 28.0 Å². The third kappa shape index (κ3) is 3.16. The van der Waals surface area contributed by atoms with E-state index in [4.69, 9.17) is 9.15 Å². The summed E-state index contributed by atoms with van der Waals surface area (Å²) in [6, 6.07) is 8.40. The number of amides is 1. The van der Waals surface area contributed by atoms with Crippen molar-refractivity contribution in [2.45, 2.75) is 6.92 Å². The maximum Gasteiger partial charge on any atom is 0.337 e. The quantitative estimate of drug-likeness (QED) is 0.709. The van der Waals surface area contributed by atoms with Crippen LogP contribution in [0.5, 0.6) is 0 Å². The molecule has 0 aliphatic heterocycles. The molecule has 1 aromatic carbocycles. The topological polar surface area (TPSA) is 93.5 Å². The molecular formula is C18H17N3O4. The average molecular weight is 339 g/mol. The van der Waals surface area contributed by atoms with E-state index in [-0.39, 0.29) is 5.76 Å². The Morgan fingerprint density at radius 1 is 1.20 bits per heavy atom. The molecule has 2 heterocycles. The van der Waals surface area contributed by atoms with Crippen LogP contribution in [-0.2, 0) is 4.74 Å². The first-order chi connectivity index (χ1) is 12.0. The van der Waals surface area contributed by atoms with Gasteiger partial charge in [-0.3, -0.25) is 4.79 Å². The highest BCUT2D eigenvalue weighted by molar-refractivity contribution is 6.12. The zero-order chi connectivity index (χ0) is 18.0. The Morgan fingerprint density at radius 3 is 2.64 bits per heavy atom. The van der Waals surface area contributed by atoms with Crippen molar-refractivity contribution in [2.75, 3.05) is 24.8 Å². The summed E-state index contributed by atoms with van der Waals surface area (Å²) < 4.78 is 10.4. The van der Waals surface area contributed by atoms with Gasteiger partial charge in [-0.05, 0) is 36.8 Å². The molecule has 0 radical (unpaired) electrons. The first-order valence-electron chi connectivity index (χ1n) is 7.60. The number of aryl methyl sites for hydroxylation is 1. The molecule has 25 heavy (non-hydrogen) atoms. The summed E-state index contributed by atoms with van der Waals surface area (Å²) in [5.41, 5.74) is 2.34. The Morgan fingerprint density at radius 2 is 2.00 bits per heavy atom. The summed E-state index contributed by atoms with van der Waals surface area (Å²) in [6.45, 7) is 1.91. The van der Waals surface area contributed by atoms with Gasteiger partial charge in [0.2, 0.25) is 5.76 Å². The average Bonchev–Trinajstić information content (AvgIpc) is 3.00. The second kappa shape index (κ2) is 6.64. The van der Waals surface area contributed by atoms with Crippen LogP contribution in [0.2, 0.25) is 0 Å². The number of nitrogens with zero attached hydrogens (tertiary/aromatic N) is 1. The minimum absolute atomic E-state index is 0.113. The van der Waals surface area contributed by atoms with Crippen LogP contribution in [0.3, 0.4) is 0 Å². The lowest BCUT2D eigenvalue weighted by atomic mass is 10.1. The van der Waals surface area contributed by atoms with E-state index in [0.717, 1.165) is 5.56 Å². The van der Waals surface area contributed by atoms with Crippen LogP contribution in [0.15, 0.2) is 40.9 Å². The number of carbonyl (C=O) groups is 2. The van der Waals surface area contributed by atoms with Crippen molar-refractivity contribution in [3.05, 3.63) is 53.4 Å². The van der Waals surface area contributed by atoms with Gasteiger partial charge in [-0.25, -0.2) is 9.78 Å². The predicted octanol–water partition coefficient (Wildman–Crippen LogP) is 3.22. The number of furan rings is 1. The number of nitrogens with one attached hydrogen (secondary N) is 2.